The average molecular weight is 307 g/mol. The number of carbonyl (C=O) groups is 1. The molecule has 0 unspecified atom stereocenters. The van der Waals surface area contributed by atoms with E-state index < -0.39 is 0 Å². The first kappa shape index (κ1) is 14.1. The number of amides is 2. The van der Waals surface area contributed by atoms with Gasteiger partial charge in [0.1, 0.15) is 11.9 Å². The minimum Gasteiger partial charge on any atom is -0.367 e. The number of anilines is 1. The molecule has 2 amide bonds. The molecule has 2 aromatic heterocycles. The van der Waals surface area contributed by atoms with Crippen molar-refractivity contribution in [1.29, 1.82) is 0 Å². The van der Waals surface area contributed by atoms with Crippen LogP contribution in [0.4, 0.5) is 10.6 Å². The lowest BCUT2D eigenvalue weighted by Gasteiger charge is -2.36. The van der Waals surface area contributed by atoms with Crippen molar-refractivity contribution in [2.45, 2.75) is 26.1 Å². The van der Waals surface area contributed by atoms with Crippen LogP contribution in [0.3, 0.4) is 0 Å². The van der Waals surface area contributed by atoms with Crippen LogP contribution in [0.1, 0.15) is 24.4 Å². The maximum absolute atomic E-state index is 12.3. The Kier molecular flexibility index (Phi) is 3.94. The van der Waals surface area contributed by atoms with Gasteiger partial charge < -0.3 is 14.2 Å². The number of hydrogen-bond acceptors (Lipinski definition) is 5. The molecule has 3 rings (SSSR count). The van der Waals surface area contributed by atoms with Crippen LogP contribution >= 0.6 is 11.3 Å². The first-order valence-corrected chi connectivity index (χ1v) is 7.73. The molecule has 3 heterocycles. The fourth-order valence-corrected chi connectivity index (χ4v) is 3.08. The third-order valence-corrected chi connectivity index (χ3v) is 4.03. The molecule has 0 radical (unpaired) electrons. The third kappa shape index (κ3) is 3.25. The van der Waals surface area contributed by atoms with Gasteiger partial charge in [-0.2, -0.15) is 11.3 Å². The number of aryl methyl sites for hydroxylation is 1. The Morgan fingerprint density at radius 2 is 2.38 bits per heavy atom. The smallest absolute Gasteiger partial charge is 0.323 e. The molecule has 1 aliphatic rings. The predicted molar refractivity (Wildman–Crippen MR) is 79.4 cm³/mol. The van der Waals surface area contributed by atoms with Gasteiger partial charge in [-0.05, 0) is 36.2 Å². The van der Waals surface area contributed by atoms with Gasteiger partial charge in [0, 0.05) is 12.6 Å². The maximum Gasteiger partial charge on any atom is 0.323 e. The second kappa shape index (κ2) is 5.87. The highest BCUT2D eigenvalue weighted by Gasteiger charge is 2.29. The van der Waals surface area contributed by atoms with E-state index >= 15 is 0 Å². The monoisotopic (exact) mass is 307 g/mol. The fourth-order valence-electron chi connectivity index (χ4n) is 2.37. The highest BCUT2D eigenvalue weighted by Crippen LogP contribution is 2.27. The number of rotatable bonds is 2. The van der Waals surface area contributed by atoms with Crippen LogP contribution < -0.4 is 5.32 Å². The summed E-state index contributed by atoms with van der Waals surface area (Å²) in [5.74, 6) is 1.10. The Morgan fingerprint density at radius 1 is 1.52 bits per heavy atom. The van der Waals surface area contributed by atoms with Crippen LogP contribution in [-0.4, -0.2) is 35.3 Å². The molecule has 112 valence electrons. The Labute approximate surface area is 126 Å². The van der Waals surface area contributed by atoms with Crippen molar-refractivity contribution in [3.8, 4) is 0 Å². The van der Waals surface area contributed by atoms with E-state index in [0.29, 0.717) is 24.7 Å². The molecule has 1 aliphatic heterocycles. The van der Waals surface area contributed by atoms with Gasteiger partial charge in [-0.15, -0.1) is 0 Å². The number of carbonyl (C=O) groups excluding carboxylic acids is 1. The molecule has 6 nitrogen and oxygen atoms in total. The number of thiophene rings is 1. The van der Waals surface area contributed by atoms with Crippen LogP contribution in [0.5, 0.6) is 0 Å². The average Bonchev–Trinajstić information content (AvgIpc) is 3.10. The molecule has 1 N–H and O–H groups in total. The number of aromatic nitrogens is 1. The van der Waals surface area contributed by atoms with E-state index in [4.69, 9.17) is 9.26 Å². The SMILES string of the molecule is Cc1cc(NC(=O)N2C[C@@H](C)O[C@H](c3ccsc3)C2)no1. The van der Waals surface area contributed by atoms with Crippen molar-refractivity contribution in [2.75, 3.05) is 18.4 Å². The van der Waals surface area contributed by atoms with Crippen molar-refractivity contribution >= 4 is 23.2 Å². The van der Waals surface area contributed by atoms with Crippen LogP contribution in [0.2, 0.25) is 0 Å². The predicted octanol–water partition coefficient (Wildman–Crippen LogP) is 3.04. The molecule has 2 aromatic rings. The zero-order valence-electron chi connectivity index (χ0n) is 11.9. The Balaban J connectivity index is 1.67. The normalized spacial score (nSPS) is 22.3. The zero-order chi connectivity index (χ0) is 14.8. The van der Waals surface area contributed by atoms with Gasteiger partial charge in [-0.25, -0.2) is 4.79 Å². The molecule has 7 heteroatoms. The van der Waals surface area contributed by atoms with E-state index in [-0.39, 0.29) is 18.2 Å². The maximum atomic E-state index is 12.3. The molecule has 2 atom stereocenters. The van der Waals surface area contributed by atoms with Gasteiger partial charge in [0.15, 0.2) is 5.82 Å². The summed E-state index contributed by atoms with van der Waals surface area (Å²) in [5.41, 5.74) is 1.11. The van der Waals surface area contributed by atoms with Crippen LogP contribution in [0, 0.1) is 6.92 Å². The van der Waals surface area contributed by atoms with E-state index in [1.54, 1.807) is 29.2 Å². The first-order chi connectivity index (χ1) is 10.1. The largest absolute Gasteiger partial charge is 0.367 e. The number of morpholine rings is 1. The van der Waals surface area contributed by atoms with Crippen molar-refractivity contribution in [3.63, 3.8) is 0 Å². The molecule has 0 bridgehead atoms. The number of nitrogens with zero attached hydrogens (tertiary/aromatic N) is 2. The second-order valence-corrected chi connectivity index (χ2v) is 5.93. The molecule has 0 aromatic carbocycles. The number of urea groups is 1. The molecule has 1 saturated heterocycles. The minimum atomic E-state index is -0.182. The van der Waals surface area contributed by atoms with Gasteiger partial charge >= 0.3 is 6.03 Å². The van der Waals surface area contributed by atoms with E-state index in [9.17, 15) is 4.79 Å². The Bertz CT molecular complexity index is 611. The minimum absolute atomic E-state index is 0.00607. The summed E-state index contributed by atoms with van der Waals surface area (Å²) in [5, 5.41) is 10.6. The summed E-state index contributed by atoms with van der Waals surface area (Å²) in [6.07, 6.45) is -0.0850. The Hall–Kier alpha value is -1.86. The van der Waals surface area contributed by atoms with Gasteiger partial charge in [0.2, 0.25) is 0 Å². The van der Waals surface area contributed by atoms with Crippen LogP contribution in [0.15, 0.2) is 27.4 Å². The second-order valence-electron chi connectivity index (χ2n) is 5.15. The standard InChI is InChI=1S/C14H17N3O3S/c1-9-5-13(16-20-9)15-14(18)17-6-10(2)19-12(7-17)11-3-4-21-8-11/h3-5,8,10,12H,6-7H2,1-2H3,(H,15,16,18)/t10-,12+/m1/s1. The third-order valence-electron chi connectivity index (χ3n) is 3.33. The van der Waals surface area contributed by atoms with Crippen molar-refractivity contribution < 1.29 is 14.1 Å². The lowest BCUT2D eigenvalue weighted by atomic mass is 10.1. The van der Waals surface area contributed by atoms with Gasteiger partial charge in [-0.3, -0.25) is 5.32 Å². The Morgan fingerprint density at radius 3 is 3.05 bits per heavy atom. The van der Waals surface area contributed by atoms with E-state index in [1.165, 1.54) is 0 Å². The highest BCUT2D eigenvalue weighted by molar-refractivity contribution is 7.07. The molecular weight excluding hydrogens is 290 g/mol. The summed E-state index contributed by atoms with van der Waals surface area (Å²) in [6.45, 7) is 4.85. The molecule has 0 saturated carbocycles. The van der Waals surface area contributed by atoms with E-state index in [0.717, 1.165) is 5.56 Å². The molecule has 21 heavy (non-hydrogen) atoms. The molecule has 0 aliphatic carbocycles. The molecular formula is C14H17N3O3S. The van der Waals surface area contributed by atoms with Crippen molar-refractivity contribution in [3.05, 3.63) is 34.2 Å². The van der Waals surface area contributed by atoms with Gasteiger partial charge in [0.05, 0.1) is 12.6 Å². The topological polar surface area (TPSA) is 67.6 Å². The molecule has 0 spiro atoms. The first-order valence-electron chi connectivity index (χ1n) is 6.78. The fraction of sp³-hybridized carbons (Fsp3) is 0.429. The van der Waals surface area contributed by atoms with Gasteiger partial charge in [0.25, 0.3) is 0 Å². The zero-order valence-corrected chi connectivity index (χ0v) is 12.7. The molecule has 1 fully saturated rings. The van der Waals surface area contributed by atoms with Crippen LogP contribution in [0.25, 0.3) is 0 Å². The summed E-state index contributed by atoms with van der Waals surface area (Å²) in [7, 11) is 0. The summed E-state index contributed by atoms with van der Waals surface area (Å²) in [4.78, 5) is 14.1. The summed E-state index contributed by atoms with van der Waals surface area (Å²) in [6, 6.07) is 3.54. The number of ether oxygens (including phenoxy) is 1. The van der Waals surface area contributed by atoms with Crippen molar-refractivity contribution in [2.24, 2.45) is 0 Å². The number of hydrogen-bond donors (Lipinski definition) is 1. The summed E-state index contributed by atoms with van der Waals surface area (Å²) >= 11 is 1.63. The van der Waals surface area contributed by atoms with Crippen LogP contribution in [-0.2, 0) is 4.74 Å². The quantitative estimate of drug-likeness (QED) is 0.926. The highest BCUT2D eigenvalue weighted by atomic mass is 32.1. The number of nitrogens with one attached hydrogen (secondary N) is 1. The summed E-state index contributed by atoms with van der Waals surface area (Å²) < 4.78 is 10.9. The van der Waals surface area contributed by atoms with E-state index in [1.807, 2.05) is 18.4 Å². The lowest BCUT2D eigenvalue weighted by molar-refractivity contribution is -0.0641. The van der Waals surface area contributed by atoms with E-state index in [2.05, 4.69) is 15.9 Å². The van der Waals surface area contributed by atoms with Crippen molar-refractivity contribution in [1.82, 2.24) is 10.1 Å². The lowest BCUT2D eigenvalue weighted by Crippen LogP contribution is -2.47. The van der Waals surface area contributed by atoms with Gasteiger partial charge in [-0.1, -0.05) is 5.16 Å².